The monoisotopic (exact) mass is 524 g/mol. The number of nitrogens with zero attached hydrogens (tertiary/aromatic N) is 1. The fourth-order valence-electron chi connectivity index (χ4n) is 2.45. The van der Waals surface area contributed by atoms with Gasteiger partial charge in [-0.05, 0) is 37.1 Å². The number of hydrogen-bond donors (Lipinski definition) is 3. The minimum absolute atomic E-state index is 0. The van der Waals surface area contributed by atoms with Crippen LogP contribution in [0.15, 0.2) is 46.0 Å². The van der Waals surface area contributed by atoms with E-state index in [1.807, 2.05) is 0 Å². The SMILES string of the molecule is CN=C(NCCCNC(=O)c1occc1C)NCc1cccc(C(F)(F)F)c1.I. The molecule has 2 aromatic rings. The molecule has 10 heteroatoms. The summed E-state index contributed by atoms with van der Waals surface area (Å²) in [4.78, 5) is 15.9. The van der Waals surface area contributed by atoms with Crippen molar-refractivity contribution in [3.63, 3.8) is 0 Å². The third-order valence-corrected chi connectivity index (χ3v) is 3.94. The Labute approximate surface area is 184 Å². The van der Waals surface area contributed by atoms with Gasteiger partial charge in [-0.25, -0.2) is 0 Å². The molecule has 1 aromatic heterocycles. The van der Waals surface area contributed by atoms with Crippen LogP contribution in [0, 0.1) is 6.92 Å². The summed E-state index contributed by atoms with van der Waals surface area (Å²) in [6.45, 7) is 2.97. The second-order valence-corrected chi connectivity index (χ2v) is 6.09. The van der Waals surface area contributed by atoms with Crippen molar-refractivity contribution in [2.75, 3.05) is 20.1 Å². The predicted molar refractivity (Wildman–Crippen MR) is 115 cm³/mol. The van der Waals surface area contributed by atoms with E-state index in [-0.39, 0.29) is 36.4 Å². The second kappa shape index (κ2) is 11.7. The van der Waals surface area contributed by atoms with E-state index in [9.17, 15) is 18.0 Å². The third-order valence-electron chi connectivity index (χ3n) is 3.94. The third kappa shape index (κ3) is 7.95. The molecule has 0 unspecified atom stereocenters. The van der Waals surface area contributed by atoms with Crippen molar-refractivity contribution in [2.24, 2.45) is 4.99 Å². The molecule has 6 nitrogen and oxygen atoms in total. The Hall–Kier alpha value is -2.24. The molecule has 0 atom stereocenters. The lowest BCUT2D eigenvalue weighted by molar-refractivity contribution is -0.137. The second-order valence-electron chi connectivity index (χ2n) is 6.09. The first-order valence-electron chi connectivity index (χ1n) is 8.74. The molecular formula is C19H24F3IN4O2. The fraction of sp³-hybridized carbons (Fsp3) is 0.368. The number of benzene rings is 1. The average Bonchev–Trinajstić information content (AvgIpc) is 3.09. The summed E-state index contributed by atoms with van der Waals surface area (Å²) < 4.78 is 43.4. The van der Waals surface area contributed by atoms with Crippen LogP contribution in [-0.4, -0.2) is 32.0 Å². The highest BCUT2D eigenvalue weighted by molar-refractivity contribution is 14.0. The van der Waals surface area contributed by atoms with E-state index in [0.717, 1.165) is 17.7 Å². The molecule has 29 heavy (non-hydrogen) atoms. The zero-order valence-electron chi connectivity index (χ0n) is 16.1. The molecule has 1 heterocycles. The topological polar surface area (TPSA) is 78.7 Å². The maximum atomic E-state index is 12.7. The van der Waals surface area contributed by atoms with Gasteiger partial charge in [0.1, 0.15) is 0 Å². The van der Waals surface area contributed by atoms with E-state index in [0.29, 0.717) is 36.8 Å². The first-order chi connectivity index (χ1) is 13.3. The molecular weight excluding hydrogens is 500 g/mol. The number of carbonyl (C=O) groups excluding carboxylic acids is 1. The number of amides is 1. The Bertz CT molecular complexity index is 822. The summed E-state index contributed by atoms with van der Waals surface area (Å²) >= 11 is 0. The smallest absolute Gasteiger partial charge is 0.416 e. The number of halogens is 4. The number of rotatable bonds is 7. The van der Waals surface area contributed by atoms with Crippen LogP contribution in [0.1, 0.15) is 33.7 Å². The van der Waals surface area contributed by atoms with Crippen LogP contribution in [0.5, 0.6) is 0 Å². The van der Waals surface area contributed by atoms with Crippen LogP contribution in [-0.2, 0) is 12.7 Å². The molecule has 1 amide bonds. The van der Waals surface area contributed by atoms with Gasteiger partial charge in [0.2, 0.25) is 0 Å². The molecule has 0 saturated heterocycles. The van der Waals surface area contributed by atoms with Crippen molar-refractivity contribution in [1.82, 2.24) is 16.0 Å². The van der Waals surface area contributed by atoms with Gasteiger partial charge in [-0.3, -0.25) is 9.79 Å². The quantitative estimate of drug-likeness (QED) is 0.224. The van der Waals surface area contributed by atoms with Crippen LogP contribution in [0.3, 0.4) is 0 Å². The Morgan fingerprint density at radius 3 is 2.48 bits per heavy atom. The van der Waals surface area contributed by atoms with Gasteiger partial charge in [0.25, 0.3) is 5.91 Å². The van der Waals surface area contributed by atoms with Crippen molar-refractivity contribution < 1.29 is 22.4 Å². The summed E-state index contributed by atoms with van der Waals surface area (Å²) in [6, 6.07) is 6.85. The van der Waals surface area contributed by atoms with Gasteiger partial charge in [-0.2, -0.15) is 13.2 Å². The minimum atomic E-state index is -4.37. The van der Waals surface area contributed by atoms with E-state index >= 15 is 0 Å². The first kappa shape index (κ1) is 24.8. The van der Waals surface area contributed by atoms with Crippen molar-refractivity contribution in [3.05, 3.63) is 59.0 Å². The minimum Gasteiger partial charge on any atom is -0.459 e. The van der Waals surface area contributed by atoms with E-state index in [2.05, 4.69) is 20.9 Å². The predicted octanol–water partition coefficient (Wildman–Crippen LogP) is 3.71. The van der Waals surface area contributed by atoms with Gasteiger partial charge in [0.15, 0.2) is 11.7 Å². The van der Waals surface area contributed by atoms with E-state index in [1.165, 1.54) is 12.3 Å². The summed E-state index contributed by atoms with van der Waals surface area (Å²) in [5.41, 5.74) is 0.589. The molecule has 0 bridgehead atoms. The zero-order valence-corrected chi connectivity index (χ0v) is 18.4. The largest absolute Gasteiger partial charge is 0.459 e. The zero-order chi connectivity index (χ0) is 20.6. The fourth-order valence-corrected chi connectivity index (χ4v) is 2.45. The number of aryl methyl sites for hydroxylation is 1. The molecule has 1 aromatic carbocycles. The van der Waals surface area contributed by atoms with Crippen LogP contribution >= 0.6 is 24.0 Å². The Balaban J connectivity index is 0.00000420. The summed E-state index contributed by atoms with van der Waals surface area (Å²) in [5.74, 6) is 0.492. The van der Waals surface area contributed by atoms with Crippen LogP contribution in [0.2, 0.25) is 0 Å². The Morgan fingerprint density at radius 1 is 1.14 bits per heavy atom. The van der Waals surface area contributed by atoms with Crippen molar-refractivity contribution in [3.8, 4) is 0 Å². The molecule has 0 radical (unpaired) electrons. The number of hydrogen-bond acceptors (Lipinski definition) is 3. The molecule has 0 saturated carbocycles. The number of alkyl halides is 3. The number of guanidine groups is 1. The number of nitrogens with one attached hydrogen (secondary N) is 3. The summed E-state index contributed by atoms with van der Waals surface area (Å²) in [5, 5.41) is 8.77. The molecule has 2 rings (SSSR count). The van der Waals surface area contributed by atoms with Crippen molar-refractivity contribution in [2.45, 2.75) is 26.1 Å². The average molecular weight is 524 g/mol. The van der Waals surface area contributed by atoms with E-state index in [1.54, 1.807) is 26.1 Å². The number of furan rings is 1. The molecule has 0 fully saturated rings. The Morgan fingerprint density at radius 2 is 1.86 bits per heavy atom. The maximum absolute atomic E-state index is 12.7. The number of carbonyl (C=O) groups is 1. The van der Waals surface area contributed by atoms with Gasteiger partial charge in [-0.15, -0.1) is 24.0 Å². The van der Waals surface area contributed by atoms with Crippen LogP contribution < -0.4 is 16.0 Å². The maximum Gasteiger partial charge on any atom is 0.416 e. The summed E-state index contributed by atoms with van der Waals surface area (Å²) in [7, 11) is 1.57. The highest BCUT2D eigenvalue weighted by Crippen LogP contribution is 2.29. The van der Waals surface area contributed by atoms with Gasteiger partial charge in [0.05, 0.1) is 11.8 Å². The standard InChI is InChI=1S/C19H23F3N4O2.HI/c1-13-7-10-28-16(13)17(27)24-8-4-9-25-18(23-2)26-12-14-5-3-6-15(11-14)19(20,21)22;/h3,5-7,10-11H,4,8-9,12H2,1-2H3,(H,24,27)(H2,23,25,26);1H. The van der Waals surface area contributed by atoms with Crippen molar-refractivity contribution >= 4 is 35.8 Å². The Kier molecular flexibility index (Phi) is 9.99. The van der Waals surface area contributed by atoms with Crippen molar-refractivity contribution in [1.29, 1.82) is 0 Å². The van der Waals surface area contributed by atoms with Gasteiger partial charge >= 0.3 is 6.18 Å². The van der Waals surface area contributed by atoms with Crippen LogP contribution in [0.4, 0.5) is 13.2 Å². The van der Waals surface area contributed by atoms with Gasteiger partial charge < -0.3 is 20.4 Å². The lowest BCUT2D eigenvalue weighted by Crippen LogP contribution is -2.38. The molecule has 0 aliphatic heterocycles. The molecule has 0 aliphatic carbocycles. The highest BCUT2D eigenvalue weighted by atomic mass is 127. The number of aliphatic imine (C=N–C) groups is 1. The van der Waals surface area contributed by atoms with Crippen LogP contribution in [0.25, 0.3) is 0 Å². The summed E-state index contributed by atoms with van der Waals surface area (Å²) in [6.07, 6.45) is -2.27. The normalized spacial score (nSPS) is 11.6. The van der Waals surface area contributed by atoms with Gasteiger partial charge in [0, 0.05) is 32.2 Å². The highest BCUT2D eigenvalue weighted by Gasteiger charge is 2.30. The van der Waals surface area contributed by atoms with E-state index < -0.39 is 11.7 Å². The first-order valence-corrected chi connectivity index (χ1v) is 8.74. The van der Waals surface area contributed by atoms with E-state index in [4.69, 9.17) is 4.42 Å². The van der Waals surface area contributed by atoms with Gasteiger partial charge in [-0.1, -0.05) is 12.1 Å². The molecule has 0 aliphatic rings. The lowest BCUT2D eigenvalue weighted by Gasteiger charge is -2.13. The molecule has 160 valence electrons. The molecule has 0 spiro atoms. The molecule has 3 N–H and O–H groups in total. The lowest BCUT2D eigenvalue weighted by atomic mass is 10.1.